The fraction of sp³-hybridized carbons (Fsp3) is 0.500. The van der Waals surface area contributed by atoms with Crippen molar-refractivity contribution in [3.63, 3.8) is 0 Å². The predicted octanol–water partition coefficient (Wildman–Crippen LogP) is -1.74. The molecule has 0 aromatic carbocycles. The van der Waals surface area contributed by atoms with E-state index in [0.29, 0.717) is 0 Å². The van der Waals surface area contributed by atoms with Crippen molar-refractivity contribution in [2.75, 3.05) is 6.54 Å². The van der Waals surface area contributed by atoms with E-state index in [9.17, 15) is 5.21 Å². The van der Waals surface area contributed by atoms with Crippen molar-refractivity contribution in [1.82, 2.24) is 0 Å². The molecule has 40 valence electrons. The van der Waals surface area contributed by atoms with E-state index in [2.05, 4.69) is 0 Å². The monoisotopic (exact) mass is 101 g/mol. The fourth-order valence-corrected chi connectivity index (χ4v) is 0.561. The number of aliphatic hydroxyl groups excluding tert-OH is 1. The van der Waals surface area contributed by atoms with Gasteiger partial charge in [0.15, 0.2) is 0 Å². The lowest BCUT2D eigenvalue weighted by Crippen LogP contribution is -3.01. The summed E-state index contributed by atoms with van der Waals surface area (Å²) in [5, 5.41) is 18.8. The second-order valence-electron chi connectivity index (χ2n) is 1.60. The Morgan fingerprint density at radius 1 is 1.86 bits per heavy atom. The Hall–Kier alpha value is -0.380. The van der Waals surface area contributed by atoms with Crippen molar-refractivity contribution in [3.8, 4) is 0 Å². The summed E-state index contributed by atoms with van der Waals surface area (Å²) in [7, 11) is 0. The zero-order valence-corrected chi connectivity index (χ0v) is 3.79. The van der Waals surface area contributed by atoms with Gasteiger partial charge in [-0.3, -0.25) is 0 Å². The summed E-state index contributed by atoms with van der Waals surface area (Å²) >= 11 is 0. The minimum Gasteiger partial charge on any atom is -0.629 e. The van der Waals surface area contributed by atoms with Crippen LogP contribution in [0, 0.1) is 5.21 Å². The van der Waals surface area contributed by atoms with Gasteiger partial charge in [0.25, 0.3) is 0 Å². The summed E-state index contributed by atoms with van der Waals surface area (Å²) in [6.07, 6.45) is 2.40. The number of hydrogen-bond donors (Lipinski definition) is 2. The molecule has 0 aliphatic carbocycles. The van der Waals surface area contributed by atoms with Crippen LogP contribution in [0.4, 0.5) is 0 Å². The average Bonchev–Trinajstić information content (AvgIpc) is 1.87. The topological polar surface area (TPSA) is 47.7 Å². The molecular weight excluding hydrogens is 94.0 g/mol. The van der Waals surface area contributed by atoms with Crippen LogP contribution in [0.25, 0.3) is 0 Å². The van der Waals surface area contributed by atoms with Crippen LogP contribution in [-0.2, 0) is 0 Å². The molecule has 2 N–H and O–H groups in total. The van der Waals surface area contributed by atoms with Gasteiger partial charge in [-0.2, -0.15) is 0 Å². The van der Waals surface area contributed by atoms with Gasteiger partial charge in [0.2, 0.25) is 0 Å². The predicted molar refractivity (Wildman–Crippen MR) is 24.3 cm³/mol. The Labute approximate surface area is 41.4 Å². The number of quaternary nitrogens is 1. The first-order valence-corrected chi connectivity index (χ1v) is 2.18. The van der Waals surface area contributed by atoms with Crippen LogP contribution in [0.3, 0.4) is 0 Å². The molecule has 0 amide bonds. The third kappa shape index (κ3) is 0.991. The van der Waals surface area contributed by atoms with Crippen LogP contribution < -0.4 is 5.06 Å². The zero-order chi connectivity index (χ0) is 5.28. The molecule has 2 atom stereocenters. The van der Waals surface area contributed by atoms with E-state index in [4.69, 9.17) is 5.11 Å². The molecule has 0 radical (unpaired) electrons. The Morgan fingerprint density at radius 2 is 2.57 bits per heavy atom. The van der Waals surface area contributed by atoms with Gasteiger partial charge in [-0.15, -0.1) is 0 Å². The molecule has 0 fully saturated rings. The second kappa shape index (κ2) is 1.61. The van der Waals surface area contributed by atoms with Gasteiger partial charge in [0, 0.05) is 6.08 Å². The number of hydroxylamine groups is 2. The van der Waals surface area contributed by atoms with E-state index < -0.39 is 6.10 Å². The molecule has 0 spiro atoms. The van der Waals surface area contributed by atoms with Crippen molar-refractivity contribution in [1.29, 1.82) is 0 Å². The summed E-state index contributed by atoms with van der Waals surface area (Å²) < 4.78 is 0. The number of nitrogens with one attached hydrogen (secondary N) is 1. The minimum atomic E-state index is -0.507. The quantitative estimate of drug-likeness (QED) is 0.356. The number of hydrogen-bond acceptors (Lipinski definition) is 2. The summed E-state index contributed by atoms with van der Waals surface area (Å²) in [5.74, 6) is 0. The Balaban J connectivity index is 2.42. The summed E-state index contributed by atoms with van der Waals surface area (Å²) in [4.78, 5) is 0. The van der Waals surface area contributed by atoms with Crippen LogP contribution in [-0.4, -0.2) is 17.8 Å². The van der Waals surface area contributed by atoms with Crippen LogP contribution in [0.1, 0.15) is 0 Å². The zero-order valence-electron chi connectivity index (χ0n) is 3.79. The molecule has 0 aromatic rings. The molecule has 0 saturated carbocycles. The molecule has 1 heterocycles. The average molecular weight is 101 g/mol. The first kappa shape index (κ1) is 4.77. The van der Waals surface area contributed by atoms with E-state index in [-0.39, 0.29) is 11.6 Å². The standard InChI is InChI=1S/C4H7NO2/c6-4-1-2-5(7)3-4/h1-2,4-6H,3H2. The van der Waals surface area contributed by atoms with Gasteiger partial charge < -0.3 is 15.4 Å². The lowest BCUT2D eigenvalue weighted by molar-refractivity contribution is -0.787. The van der Waals surface area contributed by atoms with Crippen molar-refractivity contribution in [2.24, 2.45) is 0 Å². The maximum atomic E-state index is 10.2. The highest BCUT2D eigenvalue weighted by Crippen LogP contribution is 1.82. The maximum Gasteiger partial charge on any atom is 0.127 e. The largest absolute Gasteiger partial charge is 0.629 e. The van der Waals surface area contributed by atoms with Crippen LogP contribution >= 0.6 is 0 Å². The maximum absolute atomic E-state index is 10.2. The first-order chi connectivity index (χ1) is 3.29. The van der Waals surface area contributed by atoms with Gasteiger partial charge in [-0.05, 0) is 0 Å². The van der Waals surface area contributed by atoms with Gasteiger partial charge in [0.05, 0.1) is 6.20 Å². The lowest BCUT2D eigenvalue weighted by Gasteiger charge is -2.10. The minimum absolute atomic E-state index is 0.0208. The molecule has 3 heteroatoms. The molecule has 7 heavy (non-hydrogen) atoms. The van der Waals surface area contributed by atoms with Gasteiger partial charge >= 0.3 is 0 Å². The Bertz CT molecular complexity index is 81.7. The van der Waals surface area contributed by atoms with Gasteiger partial charge in [-0.25, -0.2) is 0 Å². The van der Waals surface area contributed by atoms with Crippen molar-refractivity contribution < 1.29 is 10.2 Å². The SMILES string of the molecule is [O-][NH+]1C=CC(O)C1. The van der Waals surface area contributed by atoms with E-state index in [1.807, 2.05) is 0 Å². The highest BCUT2D eigenvalue weighted by molar-refractivity contribution is 4.86. The smallest absolute Gasteiger partial charge is 0.127 e. The Kier molecular flexibility index (Phi) is 1.10. The molecule has 3 nitrogen and oxygen atoms in total. The molecule has 1 aliphatic heterocycles. The molecule has 0 saturated heterocycles. The van der Waals surface area contributed by atoms with Gasteiger partial charge in [-0.1, -0.05) is 0 Å². The first-order valence-electron chi connectivity index (χ1n) is 2.18. The normalized spacial score (nSPS) is 39.7. The van der Waals surface area contributed by atoms with Gasteiger partial charge in [0.1, 0.15) is 12.6 Å². The summed E-state index contributed by atoms with van der Waals surface area (Å²) in [6, 6.07) is 0. The molecule has 1 aliphatic rings. The van der Waals surface area contributed by atoms with E-state index in [0.717, 1.165) is 0 Å². The number of rotatable bonds is 0. The van der Waals surface area contributed by atoms with E-state index >= 15 is 0 Å². The lowest BCUT2D eigenvalue weighted by atomic mass is 10.4. The van der Waals surface area contributed by atoms with Crippen molar-refractivity contribution in [2.45, 2.75) is 6.10 Å². The molecule has 1 rings (SSSR count). The molecule has 0 bridgehead atoms. The van der Waals surface area contributed by atoms with Crippen molar-refractivity contribution in [3.05, 3.63) is 17.5 Å². The molecule has 2 unspecified atom stereocenters. The van der Waals surface area contributed by atoms with Crippen LogP contribution in [0.5, 0.6) is 0 Å². The van der Waals surface area contributed by atoms with E-state index in [1.54, 1.807) is 0 Å². The summed E-state index contributed by atoms with van der Waals surface area (Å²) in [6.45, 7) is 0.278. The fourth-order valence-electron chi connectivity index (χ4n) is 0.561. The van der Waals surface area contributed by atoms with Crippen LogP contribution in [0.2, 0.25) is 0 Å². The second-order valence-corrected chi connectivity index (χ2v) is 1.60. The highest BCUT2D eigenvalue weighted by atomic mass is 16.5. The Morgan fingerprint density at radius 3 is 2.71 bits per heavy atom. The molecule has 0 aromatic heterocycles. The van der Waals surface area contributed by atoms with Crippen LogP contribution in [0.15, 0.2) is 12.3 Å². The van der Waals surface area contributed by atoms with Crippen molar-refractivity contribution >= 4 is 0 Å². The summed E-state index contributed by atoms with van der Waals surface area (Å²) in [5.41, 5.74) is 0. The molecular formula is C4H7NO2. The third-order valence-corrected chi connectivity index (χ3v) is 0.915. The van der Waals surface area contributed by atoms with E-state index in [1.165, 1.54) is 12.3 Å². The third-order valence-electron chi connectivity index (χ3n) is 0.915. The number of aliphatic hydroxyl groups is 1. The highest BCUT2D eigenvalue weighted by Gasteiger charge is 2.09.